The molecule has 0 radical (unpaired) electrons. The fraction of sp³-hybridized carbons (Fsp3) is 0.154. The largest absolute Gasteiger partial charge is 0.493 e. The van der Waals surface area contributed by atoms with Crippen molar-refractivity contribution >= 4 is 68.1 Å². The van der Waals surface area contributed by atoms with E-state index in [0.29, 0.717) is 34.1 Å². The highest BCUT2D eigenvalue weighted by Gasteiger charge is 2.13. The van der Waals surface area contributed by atoms with E-state index in [2.05, 4.69) is 20.9 Å². The number of amides is 3. The Morgan fingerprint density at radius 2 is 1.51 bits per heavy atom. The Bertz CT molecular complexity index is 1450. The monoisotopic (exact) mass is 536 g/mol. The number of nitrogens with one attached hydrogen (secondary N) is 3. The molecule has 4 aromatic rings. The van der Waals surface area contributed by atoms with Crippen LogP contribution >= 0.6 is 23.1 Å². The lowest BCUT2D eigenvalue weighted by atomic mass is 10.2. The number of carbonyl (C=O) groups is 3. The molecule has 0 aliphatic carbocycles. The predicted molar refractivity (Wildman–Crippen MR) is 147 cm³/mol. The minimum absolute atomic E-state index is 0.156. The van der Waals surface area contributed by atoms with Gasteiger partial charge in [-0.25, -0.2) is 4.98 Å². The normalized spacial score (nSPS) is 10.6. The fourth-order valence-corrected chi connectivity index (χ4v) is 5.30. The molecule has 0 spiro atoms. The second-order valence-corrected chi connectivity index (χ2v) is 10.0. The average Bonchev–Trinajstić information content (AvgIpc) is 3.30. The Balaban J connectivity index is 1.35. The van der Waals surface area contributed by atoms with Crippen molar-refractivity contribution in [3.8, 4) is 11.5 Å². The standard InChI is InChI=1S/C26H24N4O5S2/c1-15(31)27-17-5-7-18(8-6-17)28-24(32)14-36-26-30-20-10-9-19(13-23(20)37-26)29-25(33)16-4-11-21(34-2)22(12-16)35-3/h4-13H,14H2,1-3H3,(H,27,31)(H,28,32)(H,29,33). The number of rotatable bonds is 9. The first-order chi connectivity index (χ1) is 17.8. The summed E-state index contributed by atoms with van der Waals surface area (Å²) in [4.78, 5) is 40.8. The number of anilines is 3. The van der Waals surface area contributed by atoms with Crippen LogP contribution < -0.4 is 25.4 Å². The number of fused-ring (bicyclic) bond motifs is 1. The number of methoxy groups -OCH3 is 2. The lowest BCUT2D eigenvalue weighted by Crippen LogP contribution is -2.14. The zero-order valence-corrected chi connectivity index (χ0v) is 21.9. The lowest BCUT2D eigenvalue weighted by Gasteiger charge is -2.10. The maximum absolute atomic E-state index is 12.7. The number of hydrogen-bond acceptors (Lipinski definition) is 8. The van der Waals surface area contributed by atoms with Gasteiger partial charge in [-0.15, -0.1) is 11.3 Å². The Hall–Kier alpha value is -4.09. The molecule has 11 heteroatoms. The van der Waals surface area contributed by atoms with Gasteiger partial charge in [0.2, 0.25) is 11.8 Å². The minimum Gasteiger partial charge on any atom is -0.493 e. The topological polar surface area (TPSA) is 119 Å². The number of carbonyl (C=O) groups excluding carboxylic acids is 3. The molecule has 1 heterocycles. The van der Waals surface area contributed by atoms with Gasteiger partial charge in [-0.2, -0.15) is 0 Å². The number of hydrogen-bond donors (Lipinski definition) is 3. The summed E-state index contributed by atoms with van der Waals surface area (Å²) in [6, 6.07) is 17.3. The third-order valence-electron chi connectivity index (χ3n) is 5.09. The molecule has 37 heavy (non-hydrogen) atoms. The van der Waals surface area contributed by atoms with Crippen molar-refractivity contribution in [2.75, 3.05) is 35.9 Å². The maximum Gasteiger partial charge on any atom is 0.255 e. The first-order valence-corrected chi connectivity index (χ1v) is 12.9. The van der Waals surface area contributed by atoms with Gasteiger partial charge in [0, 0.05) is 29.5 Å². The van der Waals surface area contributed by atoms with Gasteiger partial charge in [0.15, 0.2) is 15.8 Å². The van der Waals surface area contributed by atoms with E-state index < -0.39 is 0 Å². The van der Waals surface area contributed by atoms with Gasteiger partial charge in [-0.05, 0) is 60.7 Å². The van der Waals surface area contributed by atoms with Gasteiger partial charge >= 0.3 is 0 Å². The highest BCUT2D eigenvalue weighted by Crippen LogP contribution is 2.32. The second-order valence-electron chi connectivity index (χ2n) is 7.78. The van der Waals surface area contributed by atoms with Gasteiger partial charge < -0.3 is 25.4 Å². The molecule has 0 bridgehead atoms. The Labute approximate surface area is 221 Å². The molecular weight excluding hydrogens is 512 g/mol. The Morgan fingerprint density at radius 1 is 0.838 bits per heavy atom. The molecule has 190 valence electrons. The van der Waals surface area contributed by atoms with Crippen LogP contribution in [0.5, 0.6) is 11.5 Å². The summed E-state index contributed by atoms with van der Waals surface area (Å²) in [6.45, 7) is 1.44. The molecule has 9 nitrogen and oxygen atoms in total. The van der Waals surface area contributed by atoms with Crippen molar-refractivity contribution in [3.63, 3.8) is 0 Å². The minimum atomic E-state index is -0.277. The van der Waals surface area contributed by atoms with Crippen LogP contribution in [0.1, 0.15) is 17.3 Å². The summed E-state index contributed by atoms with van der Waals surface area (Å²) in [5.41, 5.74) is 3.15. The molecule has 0 atom stereocenters. The summed E-state index contributed by atoms with van der Waals surface area (Å²) in [5.74, 6) is 0.609. The van der Waals surface area contributed by atoms with Crippen LogP contribution in [0, 0.1) is 0 Å². The number of ether oxygens (including phenoxy) is 2. The van der Waals surface area contributed by atoms with E-state index in [0.717, 1.165) is 14.6 Å². The first kappa shape index (κ1) is 26.0. The number of thiazole rings is 1. The summed E-state index contributed by atoms with van der Waals surface area (Å²) in [5, 5.41) is 8.40. The Kier molecular flexibility index (Phi) is 8.26. The zero-order chi connectivity index (χ0) is 26.4. The molecule has 3 N–H and O–H groups in total. The van der Waals surface area contributed by atoms with Crippen molar-refractivity contribution in [1.29, 1.82) is 0 Å². The van der Waals surface area contributed by atoms with Crippen LogP contribution in [0.15, 0.2) is 65.0 Å². The highest BCUT2D eigenvalue weighted by atomic mass is 32.2. The van der Waals surface area contributed by atoms with E-state index in [1.807, 2.05) is 12.1 Å². The van der Waals surface area contributed by atoms with Gasteiger partial charge in [0.05, 0.1) is 30.2 Å². The highest BCUT2D eigenvalue weighted by molar-refractivity contribution is 8.01. The van der Waals surface area contributed by atoms with Crippen LogP contribution in [0.3, 0.4) is 0 Å². The predicted octanol–water partition coefficient (Wildman–Crippen LogP) is 5.26. The fourth-order valence-electron chi connectivity index (χ4n) is 3.39. The quantitative estimate of drug-likeness (QED) is 0.250. The number of thioether (sulfide) groups is 1. The molecular formula is C26H24N4O5S2. The van der Waals surface area contributed by atoms with Crippen molar-refractivity contribution < 1.29 is 23.9 Å². The summed E-state index contributed by atoms with van der Waals surface area (Å²) < 4.78 is 12.1. The maximum atomic E-state index is 12.7. The van der Waals surface area contributed by atoms with Gasteiger partial charge in [-0.1, -0.05) is 11.8 Å². The van der Waals surface area contributed by atoms with E-state index in [9.17, 15) is 14.4 Å². The molecule has 4 rings (SSSR count). The van der Waals surface area contributed by atoms with Crippen molar-refractivity contribution in [1.82, 2.24) is 4.98 Å². The third-order valence-corrected chi connectivity index (χ3v) is 7.25. The Morgan fingerprint density at radius 3 is 2.19 bits per heavy atom. The SMILES string of the molecule is COc1ccc(C(=O)Nc2ccc3nc(SCC(=O)Nc4ccc(NC(C)=O)cc4)sc3c2)cc1OC. The van der Waals surface area contributed by atoms with Crippen molar-refractivity contribution in [3.05, 3.63) is 66.2 Å². The second kappa shape index (κ2) is 11.8. The summed E-state index contributed by atoms with van der Waals surface area (Å²) in [6.07, 6.45) is 0. The van der Waals surface area contributed by atoms with Crippen molar-refractivity contribution in [2.24, 2.45) is 0 Å². The average molecular weight is 537 g/mol. The number of aromatic nitrogens is 1. The molecule has 0 fully saturated rings. The number of nitrogens with zero attached hydrogens (tertiary/aromatic N) is 1. The molecule has 0 aliphatic heterocycles. The smallest absolute Gasteiger partial charge is 0.255 e. The molecule has 0 unspecified atom stereocenters. The van der Waals surface area contributed by atoms with Crippen molar-refractivity contribution in [2.45, 2.75) is 11.3 Å². The van der Waals surface area contributed by atoms with Crippen LogP contribution in [0.25, 0.3) is 10.2 Å². The molecule has 0 aliphatic rings. The molecule has 1 aromatic heterocycles. The van der Waals surface area contributed by atoms with E-state index >= 15 is 0 Å². The molecule has 3 amide bonds. The number of benzene rings is 3. The van der Waals surface area contributed by atoms with E-state index in [1.54, 1.807) is 48.5 Å². The third kappa shape index (κ3) is 6.78. The van der Waals surface area contributed by atoms with Gasteiger partial charge in [0.1, 0.15) is 0 Å². The zero-order valence-electron chi connectivity index (χ0n) is 20.3. The summed E-state index contributed by atoms with van der Waals surface area (Å²) >= 11 is 2.78. The van der Waals surface area contributed by atoms with Crippen LogP contribution in [0.4, 0.5) is 17.1 Å². The van der Waals surface area contributed by atoms with E-state index in [-0.39, 0.29) is 23.5 Å². The molecule has 0 saturated heterocycles. The molecule has 3 aromatic carbocycles. The van der Waals surface area contributed by atoms with E-state index in [1.165, 1.54) is 44.2 Å². The first-order valence-electron chi connectivity index (χ1n) is 11.1. The van der Waals surface area contributed by atoms with Gasteiger partial charge in [-0.3, -0.25) is 14.4 Å². The van der Waals surface area contributed by atoms with Crippen LogP contribution in [0.2, 0.25) is 0 Å². The van der Waals surface area contributed by atoms with Gasteiger partial charge in [0.25, 0.3) is 5.91 Å². The van der Waals surface area contributed by atoms with Crippen LogP contribution in [-0.2, 0) is 9.59 Å². The lowest BCUT2D eigenvalue weighted by molar-refractivity contribution is -0.114. The van der Waals surface area contributed by atoms with Crippen LogP contribution in [-0.4, -0.2) is 42.7 Å². The summed E-state index contributed by atoms with van der Waals surface area (Å²) in [7, 11) is 3.05. The molecule has 0 saturated carbocycles. The van der Waals surface area contributed by atoms with E-state index in [4.69, 9.17) is 9.47 Å².